The molecule has 0 bridgehead atoms. The lowest BCUT2D eigenvalue weighted by Crippen LogP contribution is -2.53. The predicted molar refractivity (Wildman–Crippen MR) is 64.1 cm³/mol. The van der Waals surface area contributed by atoms with Crippen molar-refractivity contribution in [1.82, 2.24) is 10.2 Å². The fourth-order valence-electron chi connectivity index (χ4n) is 1.95. The second-order valence-electron chi connectivity index (χ2n) is 4.87. The van der Waals surface area contributed by atoms with Crippen molar-refractivity contribution in [2.45, 2.75) is 32.4 Å². The summed E-state index contributed by atoms with van der Waals surface area (Å²) in [5, 5.41) is 3.36. The van der Waals surface area contributed by atoms with Crippen LogP contribution in [0.25, 0.3) is 0 Å². The molecule has 0 aliphatic carbocycles. The molecule has 1 aliphatic heterocycles. The average Bonchev–Trinajstić information content (AvgIpc) is 2.16. The molecule has 1 aliphatic rings. The van der Waals surface area contributed by atoms with Crippen LogP contribution in [0.3, 0.4) is 0 Å². The SMILES string of the molecule is C=CCNCC(C)N1CCOC(C)(C)C1. The summed E-state index contributed by atoms with van der Waals surface area (Å²) in [6.07, 6.45) is 1.90. The van der Waals surface area contributed by atoms with Crippen LogP contribution < -0.4 is 5.32 Å². The highest BCUT2D eigenvalue weighted by Gasteiger charge is 2.29. The van der Waals surface area contributed by atoms with Crippen molar-refractivity contribution in [2.24, 2.45) is 0 Å². The molecule has 1 saturated heterocycles. The van der Waals surface area contributed by atoms with Gasteiger partial charge in [0.2, 0.25) is 0 Å². The molecule has 0 spiro atoms. The quantitative estimate of drug-likeness (QED) is 0.548. The monoisotopic (exact) mass is 212 g/mol. The van der Waals surface area contributed by atoms with E-state index in [1.807, 2.05) is 6.08 Å². The minimum Gasteiger partial charge on any atom is -0.373 e. The van der Waals surface area contributed by atoms with E-state index >= 15 is 0 Å². The normalized spacial score (nSPS) is 23.7. The molecule has 1 fully saturated rings. The smallest absolute Gasteiger partial charge is 0.0753 e. The van der Waals surface area contributed by atoms with Gasteiger partial charge in [-0.15, -0.1) is 6.58 Å². The van der Waals surface area contributed by atoms with Gasteiger partial charge in [0, 0.05) is 32.2 Å². The Morgan fingerprint density at radius 1 is 1.60 bits per heavy atom. The maximum atomic E-state index is 5.69. The van der Waals surface area contributed by atoms with Crippen LogP contribution in [-0.4, -0.2) is 49.3 Å². The first-order chi connectivity index (χ1) is 7.05. The van der Waals surface area contributed by atoms with Crippen LogP contribution in [-0.2, 0) is 4.74 Å². The fourth-order valence-corrected chi connectivity index (χ4v) is 1.95. The topological polar surface area (TPSA) is 24.5 Å². The Kier molecular flexibility index (Phi) is 4.77. The van der Waals surface area contributed by atoms with Gasteiger partial charge in [0.15, 0.2) is 0 Å². The highest BCUT2D eigenvalue weighted by Crippen LogP contribution is 2.17. The van der Waals surface area contributed by atoms with Crippen LogP contribution >= 0.6 is 0 Å². The number of rotatable bonds is 5. The van der Waals surface area contributed by atoms with Gasteiger partial charge in [-0.2, -0.15) is 0 Å². The Labute approximate surface area is 93.5 Å². The Hall–Kier alpha value is -0.380. The van der Waals surface area contributed by atoms with Crippen LogP contribution in [0.5, 0.6) is 0 Å². The lowest BCUT2D eigenvalue weighted by atomic mass is 10.1. The van der Waals surface area contributed by atoms with Gasteiger partial charge in [-0.05, 0) is 20.8 Å². The Morgan fingerprint density at radius 2 is 2.33 bits per heavy atom. The lowest BCUT2D eigenvalue weighted by Gasteiger charge is -2.41. The van der Waals surface area contributed by atoms with E-state index in [1.54, 1.807) is 0 Å². The van der Waals surface area contributed by atoms with Crippen molar-refractivity contribution in [2.75, 3.05) is 32.8 Å². The number of nitrogens with zero attached hydrogens (tertiary/aromatic N) is 1. The third-order valence-corrected chi connectivity index (χ3v) is 2.81. The van der Waals surface area contributed by atoms with E-state index in [0.29, 0.717) is 6.04 Å². The molecule has 1 unspecified atom stereocenters. The molecule has 88 valence electrons. The molecule has 1 atom stereocenters. The zero-order chi connectivity index (χ0) is 11.3. The predicted octanol–water partition coefficient (Wildman–Crippen LogP) is 1.26. The molecule has 3 nitrogen and oxygen atoms in total. The van der Waals surface area contributed by atoms with Crippen molar-refractivity contribution in [3.8, 4) is 0 Å². The molecule has 1 rings (SSSR count). The largest absolute Gasteiger partial charge is 0.373 e. The van der Waals surface area contributed by atoms with Crippen molar-refractivity contribution >= 4 is 0 Å². The molecule has 0 aromatic heterocycles. The van der Waals surface area contributed by atoms with E-state index in [4.69, 9.17) is 4.74 Å². The number of hydrogen-bond acceptors (Lipinski definition) is 3. The van der Waals surface area contributed by atoms with Gasteiger partial charge in [0.1, 0.15) is 0 Å². The number of nitrogens with one attached hydrogen (secondary N) is 1. The first-order valence-corrected chi connectivity index (χ1v) is 5.75. The maximum Gasteiger partial charge on any atom is 0.0753 e. The van der Waals surface area contributed by atoms with Gasteiger partial charge in [0.05, 0.1) is 12.2 Å². The molecule has 1 N–H and O–H groups in total. The van der Waals surface area contributed by atoms with Crippen LogP contribution in [0.4, 0.5) is 0 Å². The Bertz CT molecular complexity index is 204. The minimum atomic E-state index is 0.00491. The average molecular weight is 212 g/mol. The highest BCUT2D eigenvalue weighted by molar-refractivity contribution is 4.83. The van der Waals surface area contributed by atoms with Crippen LogP contribution in [0.1, 0.15) is 20.8 Å². The third kappa shape index (κ3) is 4.33. The van der Waals surface area contributed by atoms with Gasteiger partial charge < -0.3 is 10.1 Å². The molecule has 3 heteroatoms. The molecule has 0 aromatic rings. The summed E-state index contributed by atoms with van der Waals surface area (Å²) < 4.78 is 5.69. The van der Waals surface area contributed by atoms with Gasteiger partial charge in [0.25, 0.3) is 0 Å². The van der Waals surface area contributed by atoms with Crippen molar-refractivity contribution in [3.63, 3.8) is 0 Å². The summed E-state index contributed by atoms with van der Waals surface area (Å²) in [6.45, 7) is 15.1. The summed E-state index contributed by atoms with van der Waals surface area (Å²) >= 11 is 0. The molecule has 1 heterocycles. The van der Waals surface area contributed by atoms with E-state index in [0.717, 1.165) is 32.8 Å². The van der Waals surface area contributed by atoms with E-state index in [9.17, 15) is 0 Å². The fraction of sp³-hybridized carbons (Fsp3) is 0.833. The Balaban J connectivity index is 2.31. The first kappa shape index (κ1) is 12.7. The number of morpholine rings is 1. The van der Waals surface area contributed by atoms with Crippen LogP contribution in [0, 0.1) is 0 Å². The van der Waals surface area contributed by atoms with Crippen molar-refractivity contribution in [3.05, 3.63) is 12.7 Å². The summed E-state index contributed by atoms with van der Waals surface area (Å²) in [5.74, 6) is 0. The first-order valence-electron chi connectivity index (χ1n) is 5.75. The second kappa shape index (κ2) is 5.64. The van der Waals surface area contributed by atoms with Crippen LogP contribution in [0.15, 0.2) is 12.7 Å². The van der Waals surface area contributed by atoms with Gasteiger partial charge in [-0.25, -0.2) is 0 Å². The number of hydrogen-bond donors (Lipinski definition) is 1. The van der Waals surface area contributed by atoms with E-state index < -0.39 is 0 Å². The van der Waals surface area contributed by atoms with Gasteiger partial charge >= 0.3 is 0 Å². The standard InChI is InChI=1S/C12H24N2O/c1-5-6-13-9-11(2)14-7-8-15-12(3,4)10-14/h5,11,13H,1,6-10H2,2-4H3. The van der Waals surface area contributed by atoms with Gasteiger partial charge in [-0.1, -0.05) is 6.08 Å². The van der Waals surface area contributed by atoms with E-state index in [-0.39, 0.29) is 5.60 Å². The molecule has 0 amide bonds. The molecule has 0 radical (unpaired) electrons. The maximum absolute atomic E-state index is 5.69. The third-order valence-electron chi connectivity index (χ3n) is 2.81. The minimum absolute atomic E-state index is 0.00491. The van der Waals surface area contributed by atoms with E-state index in [2.05, 4.69) is 37.6 Å². The van der Waals surface area contributed by atoms with Gasteiger partial charge in [-0.3, -0.25) is 4.90 Å². The lowest BCUT2D eigenvalue weighted by molar-refractivity contribution is -0.0949. The zero-order valence-corrected chi connectivity index (χ0v) is 10.3. The van der Waals surface area contributed by atoms with Crippen molar-refractivity contribution < 1.29 is 4.74 Å². The highest BCUT2D eigenvalue weighted by atomic mass is 16.5. The summed E-state index contributed by atoms with van der Waals surface area (Å²) in [6, 6.07) is 0.563. The van der Waals surface area contributed by atoms with Crippen LogP contribution in [0.2, 0.25) is 0 Å². The summed E-state index contributed by atoms with van der Waals surface area (Å²) in [4.78, 5) is 2.49. The van der Waals surface area contributed by atoms with E-state index in [1.165, 1.54) is 0 Å². The van der Waals surface area contributed by atoms with Crippen molar-refractivity contribution in [1.29, 1.82) is 0 Å². The molecular weight excluding hydrogens is 188 g/mol. The summed E-state index contributed by atoms with van der Waals surface area (Å²) in [7, 11) is 0. The summed E-state index contributed by atoms with van der Waals surface area (Å²) in [5.41, 5.74) is 0.00491. The zero-order valence-electron chi connectivity index (χ0n) is 10.3. The molecule has 15 heavy (non-hydrogen) atoms. The molecule has 0 aromatic carbocycles. The molecule has 0 saturated carbocycles. The Morgan fingerprint density at radius 3 is 2.93 bits per heavy atom. The molecular formula is C12H24N2O. The second-order valence-corrected chi connectivity index (χ2v) is 4.87. The number of ether oxygens (including phenoxy) is 1.